The minimum absolute atomic E-state index is 0.626. The van der Waals surface area contributed by atoms with Crippen molar-refractivity contribution in [3.8, 4) is 10.7 Å². The first kappa shape index (κ1) is 9.03. The van der Waals surface area contributed by atoms with Crippen LogP contribution in [0.1, 0.15) is 35.3 Å². The van der Waals surface area contributed by atoms with Crippen LogP contribution in [0.3, 0.4) is 0 Å². The van der Waals surface area contributed by atoms with Crippen LogP contribution in [0.2, 0.25) is 0 Å². The van der Waals surface area contributed by atoms with Gasteiger partial charge >= 0.3 is 0 Å². The van der Waals surface area contributed by atoms with Crippen molar-refractivity contribution in [1.82, 2.24) is 20.2 Å². The normalized spacial score (nSPS) is 15.9. The van der Waals surface area contributed by atoms with E-state index in [0.29, 0.717) is 5.92 Å². The summed E-state index contributed by atoms with van der Waals surface area (Å²) in [6.45, 7) is 4.02. The van der Waals surface area contributed by atoms with Gasteiger partial charge in [0.1, 0.15) is 5.82 Å². The lowest BCUT2D eigenvalue weighted by atomic mass is 10.4. The van der Waals surface area contributed by atoms with Crippen molar-refractivity contribution in [2.24, 2.45) is 0 Å². The van der Waals surface area contributed by atoms with E-state index in [1.165, 1.54) is 12.8 Å². The molecule has 1 fully saturated rings. The molecular weight excluding hydrogens is 208 g/mol. The van der Waals surface area contributed by atoms with E-state index >= 15 is 0 Å². The monoisotopic (exact) mass is 220 g/mol. The van der Waals surface area contributed by atoms with Crippen molar-refractivity contribution >= 4 is 11.3 Å². The summed E-state index contributed by atoms with van der Waals surface area (Å²) < 4.78 is 0. The van der Waals surface area contributed by atoms with E-state index < -0.39 is 0 Å². The largest absolute Gasteiger partial charge is 0.262 e. The molecular formula is C10H12N4S. The first-order valence-electron chi connectivity index (χ1n) is 5.11. The molecule has 1 N–H and O–H groups in total. The summed E-state index contributed by atoms with van der Waals surface area (Å²) >= 11 is 1.66. The van der Waals surface area contributed by atoms with Crippen molar-refractivity contribution in [1.29, 1.82) is 0 Å². The third kappa shape index (κ3) is 1.56. The molecule has 0 spiro atoms. The molecule has 4 nitrogen and oxygen atoms in total. The molecule has 2 heterocycles. The van der Waals surface area contributed by atoms with Crippen LogP contribution in [0.5, 0.6) is 0 Å². The number of nitrogens with zero attached hydrogens (tertiary/aromatic N) is 3. The lowest BCUT2D eigenvalue weighted by Gasteiger charge is -1.88. The van der Waals surface area contributed by atoms with Crippen LogP contribution in [0.4, 0.5) is 0 Å². The van der Waals surface area contributed by atoms with Crippen LogP contribution in [0, 0.1) is 13.8 Å². The molecule has 1 saturated carbocycles. The zero-order valence-corrected chi connectivity index (χ0v) is 9.56. The molecule has 78 valence electrons. The van der Waals surface area contributed by atoms with Gasteiger partial charge in [0.05, 0.1) is 15.6 Å². The van der Waals surface area contributed by atoms with Crippen molar-refractivity contribution in [3.05, 3.63) is 16.5 Å². The second-order valence-electron chi connectivity index (χ2n) is 3.97. The molecule has 1 aliphatic carbocycles. The van der Waals surface area contributed by atoms with E-state index in [4.69, 9.17) is 0 Å². The van der Waals surface area contributed by atoms with Crippen LogP contribution >= 0.6 is 11.3 Å². The van der Waals surface area contributed by atoms with Crippen LogP contribution in [-0.2, 0) is 0 Å². The van der Waals surface area contributed by atoms with Crippen LogP contribution < -0.4 is 0 Å². The summed E-state index contributed by atoms with van der Waals surface area (Å²) in [5.74, 6) is 2.47. The van der Waals surface area contributed by atoms with Crippen LogP contribution in [-0.4, -0.2) is 20.2 Å². The van der Waals surface area contributed by atoms with Gasteiger partial charge in [-0.25, -0.2) is 9.97 Å². The molecule has 3 rings (SSSR count). The fraction of sp³-hybridized carbons (Fsp3) is 0.500. The minimum Gasteiger partial charge on any atom is -0.262 e. The molecule has 0 aromatic carbocycles. The highest BCUT2D eigenvalue weighted by atomic mass is 32.1. The van der Waals surface area contributed by atoms with E-state index in [1.54, 1.807) is 11.3 Å². The van der Waals surface area contributed by atoms with Gasteiger partial charge in [-0.3, -0.25) is 5.10 Å². The number of thiazole rings is 1. The number of aromatic amines is 1. The van der Waals surface area contributed by atoms with Crippen molar-refractivity contribution < 1.29 is 0 Å². The van der Waals surface area contributed by atoms with Gasteiger partial charge in [0.15, 0.2) is 5.82 Å². The van der Waals surface area contributed by atoms with Crippen LogP contribution in [0.25, 0.3) is 10.7 Å². The Hall–Kier alpha value is -1.23. The molecule has 0 atom stereocenters. The van der Waals surface area contributed by atoms with Gasteiger partial charge in [-0.15, -0.1) is 11.3 Å². The maximum Gasteiger partial charge on any atom is 0.193 e. The van der Waals surface area contributed by atoms with E-state index in [2.05, 4.69) is 20.2 Å². The summed E-state index contributed by atoms with van der Waals surface area (Å²) in [6.07, 6.45) is 2.49. The third-order valence-electron chi connectivity index (χ3n) is 2.57. The van der Waals surface area contributed by atoms with Crippen molar-refractivity contribution in [2.45, 2.75) is 32.6 Å². The maximum absolute atomic E-state index is 4.52. The Bertz CT molecular complexity index is 495. The summed E-state index contributed by atoms with van der Waals surface area (Å²) in [6, 6.07) is 0. The molecule has 5 heteroatoms. The summed E-state index contributed by atoms with van der Waals surface area (Å²) in [5, 5.41) is 8.35. The number of rotatable bonds is 2. The SMILES string of the molecule is Cc1nc(C)c(-c2n[nH]c(C3CC3)n2)s1. The van der Waals surface area contributed by atoms with Crippen molar-refractivity contribution in [3.63, 3.8) is 0 Å². The van der Waals surface area contributed by atoms with E-state index in [9.17, 15) is 0 Å². The molecule has 2 aromatic rings. The average Bonchev–Trinajstić information content (AvgIpc) is 2.83. The lowest BCUT2D eigenvalue weighted by Crippen LogP contribution is -1.82. The Balaban J connectivity index is 2.00. The molecule has 0 saturated heterocycles. The van der Waals surface area contributed by atoms with Gasteiger partial charge in [-0.2, -0.15) is 5.10 Å². The van der Waals surface area contributed by atoms with Gasteiger partial charge in [-0.05, 0) is 26.7 Å². The number of aromatic nitrogens is 4. The quantitative estimate of drug-likeness (QED) is 0.845. The van der Waals surface area contributed by atoms with E-state index in [1.807, 2.05) is 13.8 Å². The van der Waals surface area contributed by atoms with Gasteiger partial charge in [0, 0.05) is 5.92 Å². The fourth-order valence-corrected chi connectivity index (χ4v) is 2.51. The third-order valence-corrected chi connectivity index (χ3v) is 3.64. The molecule has 2 aromatic heterocycles. The molecule has 0 amide bonds. The minimum atomic E-state index is 0.626. The zero-order chi connectivity index (χ0) is 10.4. The first-order valence-corrected chi connectivity index (χ1v) is 5.92. The topological polar surface area (TPSA) is 54.5 Å². The number of nitrogens with one attached hydrogen (secondary N) is 1. The number of hydrogen-bond donors (Lipinski definition) is 1. The second kappa shape index (κ2) is 3.13. The predicted molar refractivity (Wildman–Crippen MR) is 58.9 cm³/mol. The smallest absolute Gasteiger partial charge is 0.193 e. The molecule has 0 aliphatic heterocycles. The van der Waals surface area contributed by atoms with E-state index in [0.717, 1.165) is 27.2 Å². The highest BCUT2D eigenvalue weighted by Gasteiger charge is 2.27. The van der Waals surface area contributed by atoms with Gasteiger partial charge in [-0.1, -0.05) is 0 Å². The van der Waals surface area contributed by atoms with Gasteiger partial charge in [0.2, 0.25) is 0 Å². The number of aryl methyl sites for hydroxylation is 2. The highest BCUT2D eigenvalue weighted by molar-refractivity contribution is 7.15. The van der Waals surface area contributed by atoms with Crippen LogP contribution in [0.15, 0.2) is 0 Å². The highest BCUT2D eigenvalue weighted by Crippen LogP contribution is 2.38. The van der Waals surface area contributed by atoms with Gasteiger partial charge < -0.3 is 0 Å². The molecule has 0 bridgehead atoms. The lowest BCUT2D eigenvalue weighted by molar-refractivity contribution is 0.935. The van der Waals surface area contributed by atoms with Crippen molar-refractivity contribution in [2.75, 3.05) is 0 Å². The molecule has 0 unspecified atom stereocenters. The standard InChI is InChI=1S/C10H12N4S/c1-5-8(15-6(2)11-5)10-12-9(13-14-10)7-3-4-7/h7H,3-4H2,1-2H3,(H,12,13,14). The maximum atomic E-state index is 4.52. The fourth-order valence-electron chi connectivity index (χ4n) is 1.65. The zero-order valence-electron chi connectivity index (χ0n) is 8.74. The summed E-state index contributed by atoms with van der Waals surface area (Å²) in [5.41, 5.74) is 1.03. The number of H-pyrrole nitrogens is 1. The Morgan fingerprint density at radius 3 is 2.67 bits per heavy atom. The second-order valence-corrected chi connectivity index (χ2v) is 5.17. The first-order chi connectivity index (χ1) is 7.24. The Labute approximate surface area is 91.8 Å². The Kier molecular flexibility index (Phi) is 1.88. The molecule has 1 aliphatic rings. The summed E-state index contributed by atoms with van der Waals surface area (Å²) in [7, 11) is 0. The van der Waals surface area contributed by atoms with E-state index in [-0.39, 0.29) is 0 Å². The molecule has 15 heavy (non-hydrogen) atoms. The predicted octanol–water partition coefficient (Wildman–Crippen LogP) is 2.42. The Morgan fingerprint density at radius 1 is 1.27 bits per heavy atom. The van der Waals surface area contributed by atoms with Gasteiger partial charge in [0.25, 0.3) is 0 Å². The average molecular weight is 220 g/mol. The summed E-state index contributed by atoms with van der Waals surface area (Å²) in [4.78, 5) is 10.00. The number of hydrogen-bond acceptors (Lipinski definition) is 4. The Morgan fingerprint density at radius 2 is 2.07 bits per heavy atom. The molecule has 0 radical (unpaired) electrons.